The molecule has 0 saturated carbocycles. The van der Waals surface area contributed by atoms with Crippen LogP contribution in [0.3, 0.4) is 0 Å². The number of rotatable bonds is 11. The largest absolute Gasteiger partial charge is 0.464 e. The standard InChI is InChI=1S/C15H27N3O3/c1-4-5-6-7-8-9-11-18-13(10-12-20-2)14(16-17-18)15(19)21-3/h4-12H2,1-3H3. The number of nitrogens with zero attached hydrogens (tertiary/aromatic N) is 3. The summed E-state index contributed by atoms with van der Waals surface area (Å²) >= 11 is 0. The molecule has 0 aliphatic carbocycles. The first kappa shape index (κ1) is 17.6. The summed E-state index contributed by atoms with van der Waals surface area (Å²) in [6.07, 6.45) is 7.94. The Bertz CT molecular complexity index is 418. The predicted molar refractivity (Wildman–Crippen MR) is 80.3 cm³/mol. The smallest absolute Gasteiger partial charge is 0.360 e. The van der Waals surface area contributed by atoms with E-state index in [2.05, 4.69) is 17.2 Å². The second kappa shape index (κ2) is 10.3. The molecule has 1 heterocycles. The van der Waals surface area contributed by atoms with Gasteiger partial charge in [-0.1, -0.05) is 44.2 Å². The van der Waals surface area contributed by atoms with E-state index >= 15 is 0 Å². The van der Waals surface area contributed by atoms with Crippen LogP contribution in [0.2, 0.25) is 0 Å². The van der Waals surface area contributed by atoms with Crippen LogP contribution >= 0.6 is 0 Å². The number of aryl methyl sites for hydroxylation is 1. The zero-order valence-corrected chi connectivity index (χ0v) is 13.4. The molecule has 21 heavy (non-hydrogen) atoms. The molecule has 120 valence electrons. The number of carbonyl (C=O) groups is 1. The van der Waals surface area contributed by atoms with Crippen molar-refractivity contribution in [2.24, 2.45) is 0 Å². The highest BCUT2D eigenvalue weighted by molar-refractivity contribution is 5.88. The van der Waals surface area contributed by atoms with Crippen molar-refractivity contribution in [1.29, 1.82) is 0 Å². The fourth-order valence-electron chi connectivity index (χ4n) is 2.26. The molecule has 1 rings (SSSR count). The van der Waals surface area contributed by atoms with Gasteiger partial charge in [-0.25, -0.2) is 9.48 Å². The summed E-state index contributed by atoms with van der Waals surface area (Å²) < 4.78 is 11.6. The molecule has 1 aromatic heterocycles. The van der Waals surface area contributed by atoms with E-state index < -0.39 is 5.97 Å². The number of esters is 1. The van der Waals surface area contributed by atoms with E-state index in [9.17, 15) is 4.79 Å². The normalized spacial score (nSPS) is 10.8. The van der Waals surface area contributed by atoms with Gasteiger partial charge >= 0.3 is 5.97 Å². The van der Waals surface area contributed by atoms with Crippen molar-refractivity contribution in [3.8, 4) is 0 Å². The predicted octanol–water partition coefficient (Wildman–Crippen LogP) is 2.61. The molecule has 0 fully saturated rings. The molecule has 0 radical (unpaired) electrons. The molecular formula is C15H27N3O3. The van der Waals surface area contributed by atoms with Gasteiger partial charge in [0.15, 0.2) is 5.69 Å². The Balaban J connectivity index is 2.55. The van der Waals surface area contributed by atoms with Crippen LogP contribution in [0, 0.1) is 0 Å². The first-order chi connectivity index (χ1) is 10.2. The Labute approximate surface area is 126 Å². The van der Waals surface area contributed by atoms with Crippen molar-refractivity contribution in [1.82, 2.24) is 15.0 Å². The third kappa shape index (κ3) is 5.83. The lowest BCUT2D eigenvalue weighted by Gasteiger charge is -2.07. The molecule has 0 N–H and O–H groups in total. The lowest BCUT2D eigenvalue weighted by atomic mass is 10.1. The Hall–Kier alpha value is -1.43. The van der Waals surface area contributed by atoms with E-state index in [1.807, 2.05) is 4.68 Å². The van der Waals surface area contributed by atoms with E-state index in [1.165, 1.54) is 39.2 Å². The Morgan fingerprint density at radius 2 is 1.86 bits per heavy atom. The van der Waals surface area contributed by atoms with Gasteiger partial charge in [-0.3, -0.25) is 0 Å². The van der Waals surface area contributed by atoms with Crippen LogP contribution in [0.25, 0.3) is 0 Å². The fourth-order valence-corrected chi connectivity index (χ4v) is 2.26. The van der Waals surface area contributed by atoms with Gasteiger partial charge < -0.3 is 9.47 Å². The van der Waals surface area contributed by atoms with Gasteiger partial charge in [0.05, 0.1) is 19.4 Å². The summed E-state index contributed by atoms with van der Waals surface area (Å²) in [6, 6.07) is 0. The Morgan fingerprint density at radius 3 is 2.52 bits per heavy atom. The zero-order valence-electron chi connectivity index (χ0n) is 13.4. The molecular weight excluding hydrogens is 270 g/mol. The fraction of sp³-hybridized carbons (Fsp3) is 0.800. The minimum absolute atomic E-state index is 0.306. The second-order valence-corrected chi connectivity index (χ2v) is 5.11. The topological polar surface area (TPSA) is 66.2 Å². The summed E-state index contributed by atoms with van der Waals surface area (Å²) in [5.74, 6) is -0.435. The summed E-state index contributed by atoms with van der Waals surface area (Å²) in [5.41, 5.74) is 1.11. The van der Waals surface area contributed by atoms with Gasteiger partial charge in [0.1, 0.15) is 0 Å². The van der Waals surface area contributed by atoms with Crippen LogP contribution in [0.4, 0.5) is 0 Å². The van der Waals surface area contributed by atoms with Crippen LogP contribution in [-0.2, 0) is 22.4 Å². The molecule has 1 aromatic rings. The Kier molecular flexibility index (Phi) is 8.66. The van der Waals surface area contributed by atoms with Gasteiger partial charge in [0.2, 0.25) is 0 Å². The van der Waals surface area contributed by atoms with Crippen LogP contribution in [0.5, 0.6) is 0 Å². The van der Waals surface area contributed by atoms with Gasteiger partial charge in [0, 0.05) is 20.1 Å². The van der Waals surface area contributed by atoms with E-state index in [0.717, 1.165) is 18.7 Å². The van der Waals surface area contributed by atoms with Gasteiger partial charge in [0.25, 0.3) is 0 Å². The number of hydrogen-bond acceptors (Lipinski definition) is 5. The highest BCUT2D eigenvalue weighted by Crippen LogP contribution is 2.11. The second-order valence-electron chi connectivity index (χ2n) is 5.11. The molecule has 6 nitrogen and oxygen atoms in total. The van der Waals surface area contributed by atoms with E-state index in [0.29, 0.717) is 18.7 Å². The first-order valence-corrected chi connectivity index (χ1v) is 7.74. The van der Waals surface area contributed by atoms with Crippen molar-refractivity contribution in [2.45, 2.75) is 58.4 Å². The summed E-state index contributed by atoms with van der Waals surface area (Å²) in [6.45, 7) is 3.54. The molecule has 0 amide bonds. The van der Waals surface area contributed by atoms with Crippen molar-refractivity contribution >= 4 is 5.97 Å². The highest BCUT2D eigenvalue weighted by Gasteiger charge is 2.19. The minimum Gasteiger partial charge on any atom is -0.464 e. The third-order valence-electron chi connectivity index (χ3n) is 3.48. The van der Waals surface area contributed by atoms with Crippen LogP contribution < -0.4 is 0 Å². The molecule has 0 saturated heterocycles. The molecule has 0 aromatic carbocycles. The molecule has 0 atom stereocenters. The molecule has 0 aliphatic rings. The lowest BCUT2D eigenvalue weighted by molar-refractivity contribution is 0.0592. The number of ether oxygens (including phenoxy) is 2. The molecule has 6 heteroatoms. The third-order valence-corrected chi connectivity index (χ3v) is 3.48. The number of hydrogen-bond donors (Lipinski definition) is 0. The molecule has 0 aliphatic heterocycles. The average molecular weight is 297 g/mol. The van der Waals surface area contributed by atoms with Crippen molar-refractivity contribution in [3.05, 3.63) is 11.4 Å². The van der Waals surface area contributed by atoms with E-state index in [4.69, 9.17) is 9.47 Å². The molecule has 0 spiro atoms. The quantitative estimate of drug-likeness (QED) is 0.464. The maximum absolute atomic E-state index is 11.7. The molecule has 0 unspecified atom stereocenters. The van der Waals surface area contributed by atoms with E-state index in [-0.39, 0.29) is 0 Å². The molecule has 0 bridgehead atoms. The van der Waals surface area contributed by atoms with Crippen molar-refractivity contribution < 1.29 is 14.3 Å². The number of unbranched alkanes of at least 4 members (excludes halogenated alkanes) is 5. The van der Waals surface area contributed by atoms with E-state index in [1.54, 1.807) is 7.11 Å². The number of carbonyl (C=O) groups excluding carboxylic acids is 1. The van der Waals surface area contributed by atoms with Crippen LogP contribution in [-0.4, -0.2) is 41.8 Å². The monoisotopic (exact) mass is 297 g/mol. The average Bonchev–Trinajstić information content (AvgIpc) is 2.90. The SMILES string of the molecule is CCCCCCCCn1nnc(C(=O)OC)c1CCOC. The Morgan fingerprint density at radius 1 is 1.14 bits per heavy atom. The van der Waals surface area contributed by atoms with Crippen molar-refractivity contribution in [2.75, 3.05) is 20.8 Å². The number of aromatic nitrogens is 3. The van der Waals surface area contributed by atoms with Crippen LogP contribution in [0.15, 0.2) is 0 Å². The maximum atomic E-state index is 11.7. The number of methoxy groups -OCH3 is 2. The van der Waals surface area contributed by atoms with Gasteiger partial charge in [-0.15, -0.1) is 5.10 Å². The van der Waals surface area contributed by atoms with Gasteiger partial charge in [-0.2, -0.15) is 0 Å². The lowest BCUT2D eigenvalue weighted by Crippen LogP contribution is -2.12. The summed E-state index contributed by atoms with van der Waals surface area (Å²) in [4.78, 5) is 11.7. The minimum atomic E-state index is -0.435. The van der Waals surface area contributed by atoms with Gasteiger partial charge in [-0.05, 0) is 6.42 Å². The first-order valence-electron chi connectivity index (χ1n) is 7.74. The van der Waals surface area contributed by atoms with Crippen LogP contribution in [0.1, 0.15) is 61.6 Å². The summed E-state index contributed by atoms with van der Waals surface area (Å²) in [7, 11) is 2.99. The zero-order chi connectivity index (χ0) is 15.5. The highest BCUT2D eigenvalue weighted by atomic mass is 16.5. The maximum Gasteiger partial charge on any atom is 0.360 e. The summed E-state index contributed by atoms with van der Waals surface area (Å²) in [5, 5.41) is 8.03. The van der Waals surface area contributed by atoms with Crippen molar-refractivity contribution in [3.63, 3.8) is 0 Å².